The maximum Gasteiger partial charge on any atom is 0.224 e. The Morgan fingerprint density at radius 3 is 2.87 bits per heavy atom. The van der Waals surface area contributed by atoms with Gasteiger partial charge in [0.25, 0.3) is 0 Å². The summed E-state index contributed by atoms with van der Waals surface area (Å²) in [5.74, 6) is 0.360. The van der Waals surface area contributed by atoms with Crippen molar-refractivity contribution >= 4 is 5.91 Å². The van der Waals surface area contributed by atoms with Crippen molar-refractivity contribution in [1.82, 2.24) is 10.2 Å². The second kappa shape index (κ2) is 4.52. The van der Waals surface area contributed by atoms with Gasteiger partial charge in [-0.05, 0) is 26.2 Å². The summed E-state index contributed by atoms with van der Waals surface area (Å²) in [4.78, 5) is 13.8. The zero-order valence-electron chi connectivity index (χ0n) is 9.83. The minimum Gasteiger partial charge on any atom is -0.338 e. The van der Waals surface area contributed by atoms with Crippen LogP contribution in [-0.2, 0) is 4.79 Å². The average molecular weight is 210 g/mol. The Morgan fingerprint density at radius 2 is 2.27 bits per heavy atom. The summed E-state index contributed by atoms with van der Waals surface area (Å²) < 4.78 is 0. The number of amides is 1. The molecule has 0 spiro atoms. The molecule has 0 radical (unpaired) electrons. The highest BCUT2D eigenvalue weighted by atomic mass is 16.2. The molecule has 0 aromatic carbocycles. The van der Waals surface area contributed by atoms with Crippen LogP contribution >= 0.6 is 0 Å². The number of hydrogen-bond donors (Lipinski definition) is 1. The molecule has 2 fully saturated rings. The number of likely N-dealkylation sites (tertiary alicyclic amines) is 1. The fourth-order valence-electron chi connectivity index (χ4n) is 2.50. The SMILES string of the molecule is CCCC(C)NC1CC(=O)N(C2CC2)C1. The molecule has 86 valence electrons. The fraction of sp³-hybridized carbons (Fsp3) is 0.917. The highest BCUT2D eigenvalue weighted by Crippen LogP contribution is 2.30. The van der Waals surface area contributed by atoms with E-state index in [2.05, 4.69) is 24.1 Å². The Labute approximate surface area is 92.2 Å². The minimum atomic E-state index is 0.360. The molecule has 1 aliphatic carbocycles. The molecule has 1 saturated carbocycles. The van der Waals surface area contributed by atoms with Crippen LogP contribution in [0.5, 0.6) is 0 Å². The lowest BCUT2D eigenvalue weighted by atomic mass is 10.1. The highest BCUT2D eigenvalue weighted by molar-refractivity contribution is 5.80. The molecular formula is C12H22N2O. The van der Waals surface area contributed by atoms with E-state index < -0.39 is 0 Å². The minimum absolute atomic E-state index is 0.360. The lowest BCUT2D eigenvalue weighted by Gasteiger charge is -2.19. The molecule has 1 N–H and O–H groups in total. The number of nitrogens with zero attached hydrogens (tertiary/aromatic N) is 1. The lowest BCUT2D eigenvalue weighted by Crippen LogP contribution is -2.38. The maximum atomic E-state index is 11.7. The van der Waals surface area contributed by atoms with Gasteiger partial charge in [0.15, 0.2) is 0 Å². The number of nitrogens with one attached hydrogen (secondary N) is 1. The van der Waals surface area contributed by atoms with Gasteiger partial charge in [0.1, 0.15) is 0 Å². The molecule has 3 nitrogen and oxygen atoms in total. The van der Waals surface area contributed by atoms with Crippen LogP contribution in [0.3, 0.4) is 0 Å². The summed E-state index contributed by atoms with van der Waals surface area (Å²) in [5, 5.41) is 3.56. The van der Waals surface area contributed by atoms with E-state index in [-0.39, 0.29) is 0 Å². The van der Waals surface area contributed by atoms with Crippen LogP contribution in [0.1, 0.15) is 46.0 Å². The molecule has 2 atom stereocenters. The van der Waals surface area contributed by atoms with Crippen molar-refractivity contribution in [2.75, 3.05) is 6.54 Å². The van der Waals surface area contributed by atoms with E-state index in [4.69, 9.17) is 0 Å². The van der Waals surface area contributed by atoms with E-state index in [1.165, 1.54) is 25.7 Å². The van der Waals surface area contributed by atoms with Crippen LogP contribution in [0, 0.1) is 0 Å². The summed E-state index contributed by atoms with van der Waals surface area (Å²) in [7, 11) is 0. The Kier molecular flexibility index (Phi) is 3.29. The molecule has 1 heterocycles. The Bertz CT molecular complexity index is 238. The molecular weight excluding hydrogens is 188 g/mol. The number of hydrogen-bond acceptors (Lipinski definition) is 2. The fourth-order valence-corrected chi connectivity index (χ4v) is 2.50. The molecule has 2 aliphatic rings. The molecule has 1 saturated heterocycles. The van der Waals surface area contributed by atoms with Crippen LogP contribution in [0.25, 0.3) is 0 Å². The van der Waals surface area contributed by atoms with Gasteiger partial charge in [-0.15, -0.1) is 0 Å². The molecule has 0 aromatic heterocycles. The summed E-state index contributed by atoms with van der Waals surface area (Å²) in [6, 6.07) is 1.54. The van der Waals surface area contributed by atoms with Gasteiger partial charge in [-0.3, -0.25) is 4.79 Å². The monoisotopic (exact) mass is 210 g/mol. The second-order valence-electron chi connectivity index (χ2n) is 5.03. The van der Waals surface area contributed by atoms with Crippen LogP contribution in [0.15, 0.2) is 0 Å². The molecule has 0 aromatic rings. The van der Waals surface area contributed by atoms with Crippen molar-refractivity contribution in [2.45, 2.75) is 64.1 Å². The van der Waals surface area contributed by atoms with Gasteiger partial charge in [0.2, 0.25) is 5.91 Å². The van der Waals surface area contributed by atoms with Crippen molar-refractivity contribution in [2.24, 2.45) is 0 Å². The third kappa shape index (κ3) is 2.71. The number of carbonyl (C=O) groups excluding carboxylic acids is 1. The second-order valence-corrected chi connectivity index (χ2v) is 5.03. The Hall–Kier alpha value is -0.570. The number of carbonyl (C=O) groups is 1. The van der Waals surface area contributed by atoms with Crippen molar-refractivity contribution in [3.8, 4) is 0 Å². The van der Waals surface area contributed by atoms with E-state index in [1.54, 1.807) is 0 Å². The standard InChI is InChI=1S/C12H22N2O/c1-3-4-9(2)13-10-7-12(15)14(8-10)11-5-6-11/h9-11,13H,3-8H2,1-2H3. The van der Waals surface area contributed by atoms with E-state index in [0.717, 1.165) is 6.54 Å². The van der Waals surface area contributed by atoms with E-state index >= 15 is 0 Å². The molecule has 3 heteroatoms. The van der Waals surface area contributed by atoms with Gasteiger partial charge in [-0.1, -0.05) is 13.3 Å². The first-order chi connectivity index (χ1) is 7.20. The van der Waals surface area contributed by atoms with Crippen LogP contribution in [-0.4, -0.2) is 35.5 Å². The maximum absolute atomic E-state index is 11.7. The third-order valence-electron chi connectivity index (χ3n) is 3.39. The Balaban J connectivity index is 1.78. The zero-order chi connectivity index (χ0) is 10.8. The first-order valence-corrected chi connectivity index (χ1v) is 6.26. The van der Waals surface area contributed by atoms with Gasteiger partial charge in [0.05, 0.1) is 0 Å². The molecule has 15 heavy (non-hydrogen) atoms. The third-order valence-corrected chi connectivity index (χ3v) is 3.39. The highest BCUT2D eigenvalue weighted by Gasteiger charge is 2.39. The molecule has 1 aliphatic heterocycles. The molecule has 2 rings (SSSR count). The summed E-state index contributed by atoms with van der Waals surface area (Å²) in [6.45, 7) is 5.36. The normalized spacial score (nSPS) is 28.5. The van der Waals surface area contributed by atoms with Gasteiger partial charge in [0, 0.05) is 31.1 Å². The van der Waals surface area contributed by atoms with E-state index in [0.29, 0.717) is 30.5 Å². The number of rotatable bonds is 5. The van der Waals surface area contributed by atoms with Crippen LogP contribution < -0.4 is 5.32 Å². The van der Waals surface area contributed by atoms with Crippen LogP contribution in [0.2, 0.25) is 0 Å². The lowest BCUT2D eigenvalue weighted by molar-refractivity contribution is -0.128. The topological polar surface area (TPSA) is 32.3 Å². The largest absolute Gasteiger partial charge is 0.338 e. The molecule has 0 bridgehead atoms. The molecule has 2 unspecified atom stereocenters. The van der Waals surface area contributed by atoms with Gasteiger partial charge in [-0.2, -0.15) is 0 Å². The first-order valence-electron chi connectivity index (χ1n) is 6.26. The van der Waals surface area contributed by atoms with E-state index in [1.807, 2.05) is 0 Å². The van der Waals surface area contributed by atoms with Crippen molar-refractivity contribution in [3.63, 3.8) is 0 Å². The van der Waals surface area contributed by atoms with Crippen molar-refractivity contribution in [1.29, 1.82) is 0 Å². The van der Waals surface area contributed by atoms with Crippen molar-refractivity contribution < 1.29 is 4.79 Å². The van der Waals surface area contributed by atoms with Crippen LogP contribution in [0.4, 0.5) is 0 Å². The molecule has 1 amide bonds. The van der Waals surface area contributed by atoms with Gasteiger partial charge in [-0.25, -0.2) is 0 Å². The smallest absolute Gasteiger partial charge is 0.224 e. The predicted molar refractivity (Wildman–Crippen MR) is 60.6 cm³/mol. The van der Waals surface area contributed by atoms with E-state index in [9.17, 15) is 4.79 Å². The summed E-state index contributed by atoms with van der Waals surface area (Å²) >= 11 is 0. The summed E-state index contributed by atoms with van der Waals surface area (Å²) in [6.07, 6.45) is 5.58. The van der Waals surface area contributed by atoms with Gasteiger partial charge >= 0.3 is 0 Å². The quantitative estimate of drug-likeness (QED) is 0.746. The van der Waals surface area contributed by atoms with Crippen molar-refractivity contribution in [3.05, 3.63) is 0 Å². The first kappa shape index (κ1) is 10.9. The predicted octanol–water partition coefficient (Wildman–Crippen LogP) is 1.53. The van der Waals surface area contributed by atoms with Gasteiger partial charge < -0.3 is 10.2 Å². The average Bonchev–Trinajstić information content (AvgIpc) is 2.93. The Morgan fingerprint density at radius 1 is 1.53 bits per heavy atom. The zero-order valence-corrected chi connectivity index (χ0v) is 9.83. The summed E-state index contributed by atoms with van der Waals surface area (Å²) in [5.41, 5.74) is 0.